The molecule has 1 aliphatic rings. The van der Waals surface area contributed by atoms with Crippen molar-refractivity contribution >= 4 is 62.3 Å². The van der Waals surface area contributed by atoms with Crippen molar-refractivity contribution in [3.8, 4) is 0 Å². The molecule has 0 saturated heterocycles. The van der Waals surface area contributed by atoms with Gasteiger partial charge in [-0.05, 0) is 49.4 Å². The Morgan fingerprint density at radius 1 is 1.33 bits per heavy atom. The Labute approximate surface area is 168 Å². The van der Waals surface area contributed by atoms with Crippen molar-refractivity contribution in [3.63, 3.8) is 0 Å². The maximum atomic E-state index is 13.8. The Morgan fingerprint density at radius 2 is 2.15 bits per heavy atom. The van der Waals surface area contributed by atoms with E-state index in [1.165, 1.54) is 40.8 Å². The Kier molecular flexibility index (Phi) is 5.21. The number of anilines is 2. The second kappa shape index (κ2) is 7.61. The fraction of sp³-hybridized carbons (Fsp3) is 0.278. The number of aromatic nitrogens is 2. The van der Waals surface area contributed by atoms with Crippen LogP contribution >= 0.6 is 34.7 Å². The molecule has 0 bridgehead atoms. The van der Waals surface area contributed by atoms with E-state index in [0.717, 1.165) is 35.5 Å². The Morgan fingerprint density at radius 3 is 2.96 bits per heavy atom. The lowest BCUT2D eigenvalue weighted by atomic mass is 9.97. The van der Waals surface area contributed by atoms with Crippen molar-refractivity contribution < 1.29 is 9.18 Å². The summed E-state index contributed by atoms with van der Waals surface area (Å²) in [6.07, 6.45) is 4.43. The summed E-state index contributed by atoms with van der Waals surface area (Å²) in [6.45, 7) is 0. The summed E-state index contributed by atoms with van der Waals surface area (Å²) in [6, 6.07) is 4.10. The molecule has 1 amide bonds. The Hall–Kier alpha value is -1.90. The maximum Gasteiger partial charge on any atom is 0.234 e. The molecule has 9 heteroatoms. The van der Waals surface area contributed by atoms with E-state index in [9.17, 15) is 9.18 Å². The van der Waals surface area contributed by atoms with Gasteiger partial charge in [-0.1, -0.05) is 23.4 Å². The molecule has 0 fully saturated rings. The van der Waals surface area contributed by atoms with Gasteiger partial charge in [0.05, 0.1) is 16.8 Å². The fourth-order valence-corrected chi connectivity index (χ4v) is 5.27. The molecule has 5 nitrogen and oxygen atoms in total. The van der Waals surface area contributed by atoms with Crippen molar-refractivity contribution in [1.82, 2.24) is 9.97 Å². The number of carbonyl (C=O) groups is 1. The summed E-state index contributed by atoms with van der Waals surface area (Å²) in [5, 5.41) is 4.21. The zero-order chi connectivity index (χ0) is 19.0. The van der Waals surface area contributed by atoms with Gasteiger partial charge in [0.25, 0.3) is 0 Å². The number of amides is 1. The van der Waals surface area contributed by atoms with Crippen LogP contribution in [0.5, 0.6) is 0 Å². The molecule has 0 atom stereocenters. The molecular formula is C18H16ClFN4OS2. The monoisotopic (exact) mass is 422 g/mol. The first kappa shape index (κ1) is 18.5. The third kappa shape index (κ3) is 3.88. The van der Waals surface area contributed by atoms with Gasteiger partial charge in [0.15, 0.2) is 5.16 Å². The maximum absolute atomic E-state index is 13.8. The predicted molar refractivity (Wildman–Crippen MR) is 109 cm³/mol. The number of nitrogen functional groups attached to an aromatic ring is 1. The van der Waals surface area contributed by atoms with Gasteiger partial charge in [0.2, 0.25) is 5.91 Å². The summed E-state index contributed by atoms with van der Waals surface area (Å²) in [5.41, 5.74) is 7.54. The SMILES string of the molecule is Nc1nc(SCC(=O)Nc2ccc(Cl)cc2F)nc2sc3c(c12)CCCC3. The van der Waals surface area contributed by atoms with Crippen molar-refractivity contribution in [1.29, 1.82) is 0 Å². The van der Waals surface area contributed by atoms with Crippen molar-refractivity contribution in [2.45, 2.75) is 30.8 Å². The molecule has 2 aromatic heterocycles. The summed E-state index contributed by atoms with van der Waals surface area (Å²) in [5.74, 6) is -0.412. The van der Waals surface area contributed by atoms with E-state index in [4.69, 9.17) is 17.3 Å². The topological polar surface area (TPSA) is 80.9 Å². The Balaban J connectivity index is 1.48. The van der Waals surface area contributed by atoms with Gasteiger partial charge in [-0.3, -0.25) is 4.79 Å². The number of halogens is 2. The number of nitrogens with one attached hydrogen (secondary N) is 1. The summed E-state index contributed by atoms with van der Waals surface area (Å²) >= 11 is 8.55. The van der Waals surface area contributed by atoms with Gasteiger partial charge in [0, 0.05) is 9.90 Å². The largest absolute Gasteiger partial charge is 0.383 e. The molecular weight excluding hydrogens is 407 g/mol. The van der Waals surface area contributed by atoms with Crippen molar-refractivity contribution in [2.75, 3.05) is 16.8 Å². The highest BCUT2D eigenvalue weighted by atomic mass is 35.5. The van der Waals surface area contributed by atoms with Gasteiger partial charge in [-0.2, -0.15) is 0 Å². The number of benzene rings is 1. The number of nitrogens with zero attached hydrogens (tertiary/aromatic N) is 2. The lowest BCUT2D eigenvalue weighted by Gasteiger charge is -2.10. The third-order valence-electron chi connectivity index (χ3n) is 4.36. The zero-order valence-corrected chi connectivity index (χ0v) is 16.6. The van der Waals surface area contributed by atoms with Crippen molar-refractivity contribution in [3.05, 3.63) is 39.5 Å². The van der Waals surface area contributed by atoms with Crippen LogP contribution in [-0.2, 0) is 17.6 Å². The highest BCUT2D eigenvalue weighted by Crippen LogP contribution is 2.38. The molecule has 0 saturated carbocycles. The second-order valence-corrected chi connectivity index (χ2v) is 8.71. The number of nitrogens with two attached hydrogens (primary N) is 1. The minimum absolute atomic E-state index is 0.0537. The lowest BCUT2D eigenvalue weighted by molar-refractivity contribution is -0.113. The summed E-state index contributed by atoms with van der Waals surface area (Å²) in [7, 11) is 0. The zero-order valence-electron chi connectivity index (χ0n) is 14.2. The predicted octanol–water partition coefficient (Wildman–Crippen LogP) is 4.68. The van der Waals surface area contributed by atoms with E-state index in [2.05, 4.69) is 15.3 Å². The quantitative estimate of drug-likeness (QED) is 0.471. The molecule has 4 rings (SSSR count). The molecule has 0 unspecified atom stereocenters. The highest BCUT2D eigenvalue weighted by Gasteiger charge is 2.20. The molecule has 2 heterocycles. The van der Waals surface area contributed by atoms with E-state index < -0.39 is 5.82 Å². The second-order valence-electron chi connectivity index (χ2n) is 6.24. The van der Waals surface area contributed by atoms with Crippen LogP contribution in [0.15, 0.2) is 23.4 Å². The van der Waals surface area contributed by atoms with Gasteiger partial charge in [-0.25, -0.2) is 14.4 Å². The van der Waals surface area contributed by atoms with Crippen LogP contribution in [0.4, 0.5) is 15.9 Å². The van der Waals surface area contributed by atoms with Gasteiger partial charge < -0.3 is 11.1 Å². The number of fused-ring (bicyclic) bond motifs is 3. The van der Waals surface area contributed by atoms with Crippen LogP contribution in [-0.4, -0.2) is 21.6 Å². The van der Waals surface area contributed by atoms with E-state index >= 15 is 0 Å². The van der Waals surface area contributed by atoms with E-state index in [1.807, 2.05) is 0 Å². The Bertz CT molecular complexity index is 1040. The van der Waals surface area contributed by atoms with E-state index in [-0.39, 0.29) is 22.4 Å². The van der Waals surface area contributed by atoms with E-state index in [1.54, 1.807) is 11.3 Å². The molecule has 0 spiro atoms. The van der Waals surface area contributed by atoms with Crippen LogP contribution in [0.25, 0.3) is 10.2 Å². The van der Waals surface area contributed by atoms with Crippen molar-refractivity contribution in [2.24, 2.45) is 0 Å². The molecule has 27 heavy (non-hydrogen) atoms. The molecule has 3 N–H and O–H groups in total. The number of thiophene rings is 1. The molecule has 1 aromatic carbocycles. The first-order valence-corrected chi connectivity index (χ1v) is 10.6. The van der Waals surface area contributed by atoms with Gasteiger partial charge in [-0.15, -0.1) is 11.3 Å². The normalized spacial score (nSPS) is 13.6. The molecule has 3 aromatic rings. The summed E-state index contributed by atoms with van der Waals surface area (Å²) < 4.78 is 13.8. The summed E-state index contributed by atoms with van der Waals surface area (Å²) in [4.78, 5) is 23.3. The average molecular weight is 423 g/mol. The third-order valence-corrected chi connectivity index (χ3v) is 6.63. The fourth-order valence-electron chi connectivity index (χ4n) is 3.14. The minimum atomic E-state index is -0.577. The van der Waals surface area contributed by atoms with Gasteiger partial charge >= 0.3 is 0 Å². The molecule has 0 radical (unpaired) electrons. The number of hydrogen-bond acceptors (Lipinski definition) is 6. The average Bonchev–Trinajstić information content (AvgIpc) is 3.01. The number of hydrogen-bond donors (Lipinski definition) is 2. The van der Waals surface area contributed by atoms with Crippen LogP contribution in [0.2, 0.25) is 5.02 Å². The van der Waals surface area contributed by atoms with Crippen LogP contribution < -0.4 is 11.1 Å². The van der Waals surface area contributed by atoms with Crippen LogP contribution in [0.1, 0.15) is 23.3 Å². The highest BCUT2D eigenvalue weighted by molar-refractivity contribution is 7.99. The first-order chi connectivity index (χ1) is 13.0. The number of rotatable bonds is 4. The van der Waals surface area contributed by atoms with Crippen LogP contribution in [0.3, 0.4) is 0 Å². The number of carbonyl (C=O) groups excluding carboxylic acids is 1. The standard InChI is InChI=1S/C18H16ClFN4OS2/c19-9-5-6-12(11(20)7-9)22-14(25)8-26-18-23-16(21)15-10-3-1-2-4-13(10)27-17(15)24-18/h5-7H,1-4,8H2,(H,22,25)(H2,21,23,24). The lowest BCUT2D eigenvalue weighted by Crippen LogP contribution is -2.15. The molecule has 0 aliphatic heterocycles. The molecule has 140 valence electrons. The minimum Gasteiger partial charge on any atom is -0.383 e. The first-order valence-electron chi connectivity index (χ1n) is 8.46. The van der Waals surface area contributed by atoms with Crippen LogP contribution in [0, 0.1) is 5.82 Å². The van der Waals surface area contributed by atoms with E-state index in [0.29, 0.717) is 11.0 Å². The molecule has 1 aliphatic carbocycles. The van der Waals surface area contributed by atoms with Gasteiger partial charge in [0.1, 0.15) is 16.5 Å². The number of aryl methyl sites for hydroxylation is 2. The smallest absolute Gasteiger partial charge is 0.234 e. The number of thioether (sulfide) groups is 1.